The SMILES string of the molecule is CCCC(=O)NCCCCCCOP(=O)([O-])OCC1OC(n2cc(C)c(=O)[nH]c2=O)CC1OP(=O)([O-])OCC1OC(n2cc(C)c(=O)[nH]c2=O)CC1O. The number of carbonyl (C=O) groups is 1. The average Bonchev–Trinajstić information content (AvgIpc) is 3.65. The predicted molar refractivity (Wildman–Crippen MR) is 180 cm³/mol. The highest BCUT2D eigenvalue weighted by atomic mass is 31.2. The quantitative estimate of drug-likeness (QED) is 0.0969. The number of aliphatic hydroxyl groups excluding tert-OH is 1. The number of aryl methyl sites for hydroxylation is 2. The number of nitrogens with one attached hydrogen (secondary N) is 3. The molecule has 0 radical (unpaired) electrons. The summed E-state index contributed by atoms with van der Waals surface area (Å²) in [5.41, 5.74) is -2.60. The smallest absolute Gasteiger partial charge is 0.330 e. The van der Waals surface area contributed by atoms with E-state index in [2.05, 4.69) is 15.3 Å². The van der Waals surface area contributed by atoms with Gasteiger partial charge in [-0.1, -0.05) is 19.8 Å². The third kappa shape index (κ3) is 12.5. The molecular weight excluding hydrogens is 748 g/mol. The monoisotopic (exact) mass is 793 g/mol. The summed E-state index contributed by atoms with van der Waals surface area (Å²) < 4.78 is 59.1. The molecule has 53 heavy (non-hydrogen) atoms. The first-order valence-corrected chi connectivity index (χ1v) is 20.0. The van der Waals surface area contributed by atoms with Crippen LogP contribution in [0.4, 0.5) is 0 Å². The Labute approximate surface area is 302 Å². The largest absolute Gasteiger partial charge is 0.756 e. The van der Waals surface area contributed by atoms with Crippen molar-refractivity contribution in [3.8, 4) is 0 Å². The van der Waals surface area contributed by atoms with Gasteiger partial charge in [0.15, 0.2) is 0 Å². The summed E-state index contributed by atoms with van der Waals surface area (Å²) >= 11 is 0. The standard InChI is InChI=1S/C30H47N5O16P2/c1-4-9-24(37)31-10-7-5-6-8-11-46-52(42,43)47-17-23-21(13-26(50-23)35-15-19(3)28(39)33-30(35)41)51-53(44,45)48-16-22-20(36)12-25(49-22)34-14-18(2)27(38)32-29(34)40/h14-15,20-23,25-26,36H,4-13,16-17H2,1-3H3,(H,31,37)(H,42,43)(H,44,45)(H,32,38,40)(H,33,39,41)/p-2. The molecule has 2 saturated heterocycles. The minimum absolute atomic E-state index is 0.0243. The minimum Gasteiger partial charge on any atom is -0.756 e. The van der Waals surface area contributed by atoms with Crippen LogP contribution in [0.2, 0.25) is 0 Å². The molecule has 21 nitrogen and oxygen atoms in total. The van der Waals surface area contributed by atoms with Crippen molar-refractivity contribution >= 4 is 21.6 Å². The number of nitrogens with zero attached hydrogens (tertiary/aromatic N) is 2. The molecule has 8 atom stereocenters. The second kappa shape index (κ2) is 19.0. The van der Waals surface area contributed by atoms with Gasteiger partial charge in [-0.25, -0.2) is 9.59 Å². The van der Waals surface area contributed by atoms with Crippen molar-refractivity contribution in [2.45, 2.75) is 109 Å². The third-order valence-electron chi connectivity index (χ3n) is 8.47. The third-order valence-corrected chi connectivity index (χ3v) is 10.4. The Morgan fingerprint density at radius 3 is 2.04 bits per heavy atom. The van der Waals surface area contributed by atoms with Gasteiger partial charge in [-0.15, -0.1) is 0 Å². The number of hydrogen-bond acceptors (Lipinski definition) is 16. The van der Waals surface area contributed by atoms with E-state index in [1.165, 1.54) is 26.2 Å². The number of phosphoric ester groups is 2. The number of hydrogen-bond donors (Lipinski definition) is 4. The maximum absolute atomic E-state index is 13.0. The van der Waals surface area contributed by atoms with Crippen LogP contribution in [0, 0.1) is 13.8 Å². The normalized spacial score (nSPS) is 25.2. The fraction of sp³-hybridized carbons (Fsp3) is 0.700. The van der Waals surface area contributed by atoms with E-state index in [9.17, 15) is 48.0 Å². The van der Waals surface area contributed by atoms with Gasteiger partial charge in [0.1, 0.15) is 24.7 Å². The molecule has 2 fully saturated rings. The molecule has 4 rings (SSSR count). The van der Waals surface area contributed by atoms with Gasteiger partial charge in [-0.05, 0) is 33.1 Å². The van der Waals surface area contributed by atoms with E-state index < -0.39 is 88.2 Å². The van der Waals surface area contributed by atoms with Gasteiger partial charge in [0, 0.05) is 49.3 Å². The molecule has 298 valence electrons. The van der Waals surface area contributed by atoms with Crippen LogP contribution in [0.1, 0.15) is 81.9 Å². The van der Waals surface area contributed by atoms with Gasteiger partial charge in [0.25, 0.3) is 26.8 Å². The molecule has 0 aromatic carbocycles. The number of aromatic nitrogens is 4. The molecule has 0 spiro atoms. The van der Waals surface area contributed by atoms with Gasteiger partial charge in [0.2, 0.25) is 5.91 Å². The van der Waals surface area contributed by atoms with Crippen LogP contribution in [-0.2, 0) is 41.5 Å². The number of unbranched alkanes of at least 4 members (excludes halogenated alkanes) is 3. The molecule has 8 unspecified atom stereocenters. The topological polar surface area (TPSA) is 295 Å². The summed E-state index contributed by atoms with van der Waals surface area (Å²) in [7, 11) is -10.2. The highest BCUT2D eigenvalue weighted by Crippen LogP contribution is 2.47. The Morgan fingerprint density at radius 2 is 1.42 bits per heavy atom. The zero-order chi connectivity index (χ0) is 38.9. The van der Waals surface area contributed by atoms with E-state index in [4.69, 9.17) is 27.6 Å². The molecule has 2 aliphatic rings. The number of ether oxygens (including phenoxy) is 2. The fourth-order valence-corrected chi connectivity index (χ4v) is 7.33. The van der Waals surface area contributed by atoms with Crippen LogP contribution < -0.4 is 37.6 Å². The molecule has 2 aliphatic heterocycles. The first-order chi connectivity index (χ1) is 25.0. The summed E-state index contributed by atoms with van der Waals surface area (Å²) in [4.78, 5) is 89.7. The first kappa shape index (κ1) is 42.7. The summed E-state index contributed by atoms with van der Waals surface area (Å²) in [6.07, 6.45) is -2.09. The molecule has 23 heteroatoms. The predicted octanol–water partition coefficient (Wildman–Crippen LogP) is -0.512. The molecule has 4 N–H and O–H groups in total. The van der Waals surface area contributed by atoms with Gasteiger partial charge < -0.3 is 47.8 Å². The number of amides is 1. The fourth-order valence-electron chi connectivity index (χ4n) is 5.63. The Bertz CT molecular complexity index is 1890. The van der Waals surface area contributed by atoms with Crippen LogP contribution in [0.15, 0.2) is 31.6 Å². The van der Waals surface area contributed by atoms with Crippen molar-refractivity contribution in [2.24, 2.45) is 0 Å². The Balaban J connectivity index is 1.34. The molecule has 1 amide bonds. The second-order valence-electron chi connectivity index (χ2n) is 12.7. The number of phosphoric acid groups is 2. The highest BCUT2D eigenvalue weighted by Gasteiger charge is 2.42. The van der Waals surface area contributed by atoms with Gasteiger partial charge in [0.05, 0.1) is 32.0 Å². The van der Waals surface area contributed by atoms with Crippen LogP contribution >= 0.6 is 15.6 Å². The molecule has 0 bridgehead atoms. The zero-order valence-electron chi connectivity index (χ0n) is 29.5. The van der Waals surface area contributed by atoms with Crippen LogP contribution in [0.25, 0.3) is 0 Å². The van der Waals surface area contributed by atoms with E-state index >= 15 is 0 Å². The maximum atomic E-state index is 13.0. The molecule has 2 aromatic rings. The van der Waals surface area contributed by atoms with E-state index in [0.717, 1.165) is 22.0 Å². The summed E-state index contributed by atoms with van der Waals surface area (Å²) in [5, 5.41) is 13.3. The lowest BCUT2D eigenvalue weighted by Crippen LogP contribution is -2.34. The van der Waals surface area contributed by atoms with Crippen LogP contribution in [0.5, 0.6) is 0 Å². The van der Waals surface area contributed by atoms with Crippen LogP contribution in [0.3, 0.4) is 0 Å². The molecule has 0 saturated carbocycles. The average molecular weight is 794 g/mol. The molecule has 2 aromatic heterocycles. The summed E-state index contributed by atoms with van der Waals surface area (Å²) in [6, 6.07) is 0. The number of aromatic amines is 2. The van der Waals surface area contributed by atoms with Gasteiger partial charge in [-0.3, -0.25) is 42.6 Å². The van der Waals surface area contributed by atoms with Crippen molar-refractivity contribution in [3.63, 3.8) is 0 Å². The lowest BCUT2D eigenvalue weighted by molar-refractivity contribution is -0.236. The number of carbonyl (C=O) groups excluding carboxylic acids is 1. The lowest BCUT2D eigenvalue weighted by Gasteiger charge is -2.30. The van der Waals surface area contributed by atoms with Crippen molar-refractivity contribution in [1.82, 2.24) is 24.4 Å². The summed E-state index contributed by atoms with van der Waals surface area (Å²) in [6.45, 7) is 3.58. The van der Waals surface area contributed by atoms with Gasteiger partial charge >= 0.3 is 11.4 Å². The van der Waals surface area contributed by atoms with E-state index in [1.54, 1.807) is 0 Å². The Morgan fingerprint density at radius 1 is 0.868 bits per heavy atom. The van der Waals surface area contributed by atoms with E-state index in [0.29, 0.717) is 32.2 Å². The number of H-pyrrole nitrogens is 2. The molecule has 4 heterocycles. The first-order valence-electron chi connectivity index (χ1n) is 17.1. The lowest BCUT2D eigenvalue weighted by atomic mass is 10.2. The van der Waals surface area contributed by atoms with Gasteiger partial charge in [-0.2, -0.15) is 0 Å². The van der Waals surface area contributed by atoms with Crippen LogP contribution in [-0.4, -0.2) is 80.9 Å². The maximum Gasteiger partial charge on any atom is 0.330 e. The highest BCUT2D eigenvalue weighted by molar-refractivity contribution is 7.46. The molecule has 0 aliphatic carbocycles. The number of aliphatic hydroxyl groups is 1. The zero-order valence-corrected chi connectivity index (χ0v) is 31.3. The van der Waals surface area contributed by atoms with E-state index in [1.807, 2.05) is 6.92 Å². The Kier molecular flexibility index (Phi) is 15.3. The minimum atomic E-state index is -5.27. The second-order valence-corrected chi connectivity index (χ2v) is 15.5. The van der Waals surface area contributed by atoms with Crippen molar-refractivity contribution < 1.29 is 56.4 Å². The Hall–Kier alpha value is -3.07. The summed E-state index contributed by atoms with van der Waals surface area (Å²) in [5.74, 6) is -0.0243. The number of rotatable bonds is 20. The van der Waals surface area contributed by atoms with E-state index in [-0.39, 0.29) is 36.5 Å². The van der Waals surface area contributed by atoms with Crippen molar-refractivity contribution in [1.29, 1.82) is 0 Å². The molecular formula is C30H45N5O16P2-2. The van der Waals surface area contributed by atoms with Crippen molar-refractivity contribution in [2.75, 3.05) is 26.4 Å². The van der Waals surface area contributed by atoms with Crippen molar-refractivity contribution in [3.05, 3.63) is 65.2 Å².